The Bertz CT molecular complexity index is 675. The van der Waals surface area contributed by atoms with Gasteiger partial charge in [-0.15, -0.1) is 4.73 Å². The van der Waals surface area contributed by atoms with Crippen molar-refractivity contribution >= 4 is 22.7 Å². The number of thioether (sulfide) groups is 1. The topological polar surface area (TPSA) is 67.9 Å². The number of para-hydroxylation sites is 1. The van der Waals surface area contributed by atoms with E-state index < -0.39 is 0 Å². The fourth-order valence-electron chi connectivity index (χ4n) is 1.52. The van der Waals surface area contributed by atoms with Crippen LogP contribution >= 0.6 is 11.8 Å². The third-order valence-electron chi connectivity index (χ3n) is 2.36. The van der Waals surface area contributed by atoms with Crippen molar-refractivity contribution in [2.75, 3.05) is 7.11 Å². The predicted octanol–water partition coefficient (Wildman–Crippen LogP) is 1.46. The van der Waals surface area contributed by atoms with Crippen molar-refractivity contribution in [2.24, 2.45) is 0 Å². The summed E-state index contributed by atoms with van der Waals surface area (Å²) in [5.74, 6) is 0. The Labute approximate surface area is 108 Å². The van der Waals surface area contributed by atoms with Crippen LogP contribution in [0.3, 0.4) is 0 Å². The molecule has 0 radical (unpaired) electrons. The first-order chi connectivity index (χ1) is 8.67. The van der Waals surface area contributed by atoms with E-state index in [1.807, 2.05) is 6.07 Å². The highest BCUT2D eigenvalue weighted by Crippen LogP contribution is 2.20. The number of benzene rings is 1. The predicted molar refractivity (Wildman–Crippen MR) is 69.4 cm³/mol. The number of rotatable bonds is 3. The van der Waals surface area contributed by atoms with Crippen molar-refractivity contribution in [1.29, 1.82) is 5.26 Å². The zero-order chi connectivity index (χ0) is 13.1. The Morgan fingerprint density at radius 1 is 1.50 bits per heavy atom. The van der Waals surface area contributed by atoms with Crippen LogP contribution in [0, 0.1) is 11.3 Å². The van der Waals surface area contributed by atoms with Crippen LogP contribution in [0.5, 0.6) is 0 Å². The van der Waals surface area contributed by atoms with E-state index >= 15 is 0 Å². The van der Waals surface area contributed by atoms with Crippen molar-refractivity contribution in [3.05, 3.63) is 34.6 Å². The Balaban J connectivity index is 2.66. The SMILES string of the molecule is COn1c(S[C@H](C)C#N)nc2ccccc2c1=O. The molecule has 0 amide bonds. The minimum atomic E-state index is -0.306. The Morgan fingerprint density at radius 3 is 2.89 bits per heavy atom. The van der Waals surface area contributed by atoms with Crippen LogP contribution in [0.1, 0.15) is 6.92 Å². The molecule has 1 atom stereocenters. The maximum Gasteiger partial charge on any atom is 0.295 e. The molecular weight excluding hydrogens is 250 g/mol. The van der Waals surface area contributed by atoms with E-state index in [4.69, 9.17) is 10.1 Å². The highest BCUT2D eigenvalue weighted by Gasteiger charge is 2.14. The summed E-state index contributed by atoms with van der Waals surface area (Å²) in [6, 6.07) is 9.13. The van der Waals surface area contributed by atoms with Crippen LogP contribution in [-0.2, 0) is 0 Å². The highest BCUT2D eigenvalue weighted by atomic mass is 32.2. The first-order valence-corrected chi connectivity index (χ1v) is 6.18. The molecule has 2 rings (SSSR count). The van der Waals surface area contributed by atoms with Crippen LogP contribution in [0.25, 0.3) is 10.9 Å². The average Bonchev–Trinajstić information content (AvgIpc) is 2.39. The van der Waals surface area contributed by atoms with Gasteiger partial charge in [-0.25, -0.2) is 4.98 Å². The summed E-state index contributed by atoms with van der Waals surface area (Å²) in [4.78, 5) is 21.5. The second-order valence-electron chi connectivity index (χ2n) is 3.58. The van der Waals surface area contributed by atoms with Gasteiger partial charge in [0.15, 0.2) is 0 Å². The number of nitriles is 1. The molecule has 2 aromatic rings. The molecule has 1 aromatic carbocycles. The fraction of sp³-hybridized carbons (Fsp3) is 0.250. The summed E-state index contributed by atoms with van der Waals surface area (Å²) in [5, 5.41) is 9.39. The third kappa shape index (κ3) is 2.17. The maximum absolute atomic E-state index is 12.2. The van der Waals surface area contributed by atoms with E-state index in [1.54, 1.807) is 25.1 Å². The lowest BCUT2D eigenvalue weighted by atomic mass is 10.2. The lowest BCUT2D eigenvalue weighted by Gasteiger charge is -2.11. The normalized spacial score (nSPS) is 12.1. The molecule has 5 nitrogen and oxygen atoms in total. The summed E-state index contributed by atoms with van der Waals surface area (Å²) < 4.78 is 1.11. The standard InChI is InChI=1S/C12H11N3O2S/c1-8(7-13)18-12-14-10-6-4-3-5-9(10)11(16)15(12)17-2/h3-6,8H,1-2H3/t8-/m1/s1. The van der Waals surface area contributed by atoms with Crippen LogP contribution < -0.4 is 10.4 Å². The smallest absolute Gasteiger partial charge is 0.295 e. The minimum absolute atomic E-state index is 0.268. The molecular formula is C12H11N3O2S. The van der Waals surface area contributed by atoms with Crippen LogP contribution in [0.4, 0.5) is 0 Å². The van der Waals surface area contributed by atoms with Crippen LogP contribution in [0.2, 0.25) is 0 Å². The third-order valence-corrected chi connectivity index (χ3v) is 3.28. The second-order valence-corrected chi connectivity index (χ2v) is 4.89. The van der Waals surface area contributed by atoms with Crippen molar-refractivity contribution < 1.29 is 4.84 Å². The van der Waals surface area contributed by atoms with Gasteiger partial charge in [0.05, 0.1) is 22.2 Å². The molecule has 92 valence electrons. The molecule has 0 aliphatic rings. The Hall–Kier alpha value is -2.00. The molecule has 0 bridgehead atoms. The molecule has 1 heterocycles. The molecule has 18 heavy (non-hydrogen) atoms. The van der Waals surface area contributed by atoms with Gasteiger partial charge in [0.1, 0.15) is 7.11 Å². The fourth-order valence-corrected chi connectivity index (χ4v) is 2.29. The van der Waals surface area contributed by atoms with Crippen LogP contribution in [0.15, 0.2) is 34.2 Å². The van der Waals surface area contributed by atoms with Gasteiger partial charge in [-0.2, -0.15) is 5.26 Å². The summed E-state index contributed by atoms with van der Waals surface area (Å²) in [5.41, 5.74) is 0.333. The maximum atomic E-state index is 12.2. The molecule has 0 spiro atoms. The van der Waals surface area contributed by atoms with Gasteiger partial charge in [0.25, 0.3) is 5.56 Å². The quantitative estimate of drug-likeness (QED) is 0.618. The zero-order valence-corrected chi connectivity index (χ0v) is 10.8. The van der Waals surface area contributed by atoms with Crippen molar-refractivity contribution in [3.63, 3.8) is 0 Å². The largest absolute Gasteiger partial charge is 0.411 e. The number of hydrogen-bond acceptors (Lipinski definition) is 5. The van der Waals surface area contributed by atoms with E-state index in [9.17, 15) is 4.79 Å². The van der Waals surface area contributed by atoms with E-state index in [-0.39, 0.29) is 10.8 Å². The summed E-state index contributed by atoms with van der Waals surface area (Å²) in [7, 11) is 1.40. The highest BCUT2D eigenvalue weighted by molar-refractivity contribution is 8.00. The molecule has 0 aliphatic carbocycles. The van der Waals surface area contributed by atoms with Gasteiger partial charge >= 0.3 is 0 Å². The first-order valence-electron chi connectivity index (χ1n) is 5.30. The molecule has 0 N–H and O–H groups in total. The Morgan fingerprint density at radius 2 is 2.22 bits per heavy atom. The van der Waals surface area contributed by atoms with Gasteiger partial charge < -0.3 is 4.84 Å². The summed E-state index contributed by atoms with van der Waals surface area (Å²) in [6.45, 7) is 1.74. The van der Waals surface area contributed by atoms with Gasteiger partial charge in [-0.3, -0.25) is 4.79 Å². The molecule has 1 aromatic heterocycles. The van der Waals surface area contributed by atoms with Gasteiger partial charge in [-0.1, -0.05) is 23.9 Å². The van der Waals surface area contributed by atoms with E-state index in [0.717, 1.165) is 4.73 Å². The molecule has 0 saturated heterocycles. The lowest BCUT2D eigenvalue weighted by Crippen LogP contribution is -2.28. The number of hydrogen-bond donors (Lipinski definition) is 0. The van der Waals surface area contributed by atoms with Gasteiger partial charge in [0, 0.05) is 0 Å². The number of aromatic nitrogens is 2. The van der Waals surface area contributed by atoms with Crippen LogP contribution in [-0.4, -0.2) is 22.1 Å². The average molecular weight is 261 g/mol. The molecule has 0 fully saturated rings. The molecule has 0 saturated carbocycles. The summed E-state index contributed by atoms with van der Waals surface area (Å²) in [6.07, 6.45) is 0. The number of fused-ring (bicyclic) bond motifs is 1. The summed E-state index contributed by atoms with van der Waals surface area (Å²) >= 11 is 1.19. The van der Waals surface area contributed by atoms with Crippen molar-refractivity contribution in [2.45, 2.75) is 17.3 Å². The zero-order valence-electron chi connectivity index (χ0n) is 9.95. The molecule has 6 heteroatoms. The first kappa shape index (κ1) is 12.5. The number of nitrogens with zero attached hydrogens (tertiary/aromatic N) is 3. The monoisotopic (exact) mass is 261 g/mol. The van der Waals surface area contributed by atoms with Gasteiger partial charge in [-0.05, 0) is 19.1 Å². The molecule has 0 unspecified atom stereocenters. The van der Waals surface area contributed by atoms with Crippen molar-refractivity contribution in [1.82, 2.24) is 9.71 Å². The minimum Gasteiger partial charge on any atom is -0.411 e. The second kappa shape index (κ2) is 5.10. The van der Waals surface area contributed by atoms with E-state index in [0.29, 0.717) is 16.1 Å². The lowest BCUT2D eigenvalue weighted by molar-refractivity contribution is 0.131. The van der Waals surface area contributed by atoms with Gasteiger partial charge in [0.2, 0.25) is 5.16 Å². The van der Waals surface area contributed by atoms with E-state index in [1.165, 1.54) is 18.9 Å². The van der Waals surface area contributed by atoms with E-state index in [2.05, 4.69) is 11.1 Å². The molecule has 0 aliphatic heterocycles. The Kier molecular flexibility index (Phi) is 3.53. The van der Waals surface area contributed by atoms with Crippen molar-refractivity contribution in [3.8, 4) is 6.07 Å².